The van der Waals surface area contributed by atoms with Gasteiger partial charge in [-0.05, 0) is 61.6 Å². The minimum atomic E-state index is -4.84. The van der Waals surface area contributed by atoms with Gasteiger partial charge in [0.1, 0.15) is 17.4 Å². The molecule has 6 nitrogen and oxygen atoms in total. The molecule has 1 fully saturated rings. The van der Waals surface area contributed by atoms with Gasteiger partial charge in [-0.15, -0.1) is 0 Å². The Morgan fingerprint density at radius 2 is 1.84 bits per heavy atom. The van der Waals surface area contributed by atoms with E-state index in [2.05, 4.69) is 10.3 Å². The van der Waals surface area contributed by atoms with Gasteiger partial charge in [-0.25, -0.2) is 18.6 Å². The molecule has 1 aromatic heterocycles. The van der Waals surface area contributed by atoms with Crippen LogP contribution in [-0.4, -0.2) is 34.2 Å². The summed E-state index contributed by atoms with van der Waals surface area (Å²) in [5.74, 6) is -5.23. The number of ether oxygens (including phenoxy) is 1. The van der Waals surface area contributed by atoms with Gasteiger partial charge in [0.2, 0.25) is 0 Å². The first-order valence-electron chi connectivity index (χ1n) is 10.9. The van der Waals surface area contributed by atoms with Crippen LogP contribution in [0.1, 0.15) is 52.1 Å². The molecule has 37 heavy (non-hydrogen) atoms. The van der Waals surface area contributed by atoms with E-state index < -0.39 is 58.4 Å². The highest BCUT2D eigenvalue weighted by Crippen LogP contribution is 2.42. The standard InChI is InChI=1S/C25H18ClF5N2O4/c1-11(25(29,30)31)37-20-10-14(19-8-7-13(12-5-6-12)21(32-19)24(35)36)18(28)9-15(20)23(34)33-22-16(26)3-2-4-17(22)27/h2-4,7-12H,5-6H2,1H3,(H,33,34)(H,35,36). The van der Waals surface area contributed by atoms with Gasteiger partial charge in [0.05, 0.1) is 22.0 Å². The van der Waals surface area contributed by atoms with Crippen molar-refractivity contribution in [3.8, 4) is 17.0 Å². The zero-order valence-corrected chi connectivity index (χ0v) is 19.8. The van der Waals surface area contributed by atoms with Gasteiger partial charge in [0, 0.05) is 5.56 Å². The SMILES string of the molecule is CC(Oc1cc(-c2ccc(C3CC3)c(C(=O)O)n2)c(F)cc1C(=O)Nc1c(F)cccc1Cl)C(F)(F)F. The molecule has 1 atom stereocenters. The Morgan fingerprint density at radius 3 is 2.43 bits per heavy atom. The number of anilines is 1. The minimum Gasteiger partial charge on any atom is -0.480 e. The Hall–Kier alpha value is -3.73. The van der Waals surface area contributed by atoms with Crippen LogP contribution in [0.25, 0.3) is 11.3 Å². The van der Waals surface area contributed by atoms with Crippen molar-refractivity contribution >= 4 is 29.2 Å². The van der Waals surface area contributed by atoms with Crippen molar-refractivity contribution < 1.29 is 41.4 Å². The van der Waals surface area contributed by atoms with Crippen LogP contribution in [0.15, 0.2) is 42.5 Å². The molecule has 0 aliphatic heterocycles. The topological polar surface area (TPSA) is 88.5 Å². The molecule has 1 saturated carbocycles. The summed E-state index contributed by atoms with van der Waals surface area (Å²) in [5, 5.41) is 11.5. The van der Waals surface area contributed by atoms with E-state index in [0.29, 0.717) is 18.6 Å². The van der Waals surface area contributed by atoms with E-state index in [1.807, 2.05) is 0 Å². The third-order valence-electron chi connectivity index (χ3n) is 5.70. The second kappa shape index (κ2) is 9.97. The third kappa shape index (κ3) is 5.66. The number of pyridine rings is 1. The van der Waals surface area contributed by atoms with Crippen LogP contribution in [-0.2, 0) is 0 Å². The molecule has 2 N–H and O–H groups in total. The number of carboxylic acid groups (broad SMARTS) is 1. The fraction of sp³-hybridized carbons (Fsp3) is 0.240. The van der Waals surface area contributed by atoms with Gasteiger partial charge in [-0.2, -0.15) is 13.2 Å². The molecule has 1 amide bonds. The number of halogens is 6. The van der Waals surface area contributed by atoms with Gasteiger partial charge in [-0.3, -0.25) is 4.79 Å². The molecular formula is C25H18ClF5N2O4. The average molecular weight is 541 g/mol. The maximum Gasteiger partial charge on any atom is 0.425 e. The Balaban J connectivity index is 1.80. The average Bonchev–Trinajstić information content (AvgIpc) is 3.66. The van der Waals surface area contributed by atoms with Gasteiger partial charge < -0.3 is 15.2 Å². The van der Waals surface area contributed by atoms with Crippen LogP contribution in [0, 0.1) is 11.6 Å². The molecule has 1 heterocycles. The first-order chi connectivity index (χ1) is 17.4. The quantitative estimate of drug-likeness (QED) is 0.320. The second-order valence-corrected chi connectivity index (χ2v) is 8.80. The summed E-state index contributed by atoms with van der Waals surface area (Å²) >= 11 is 5.90. The van der Waals surface area contributed by atoms with Gasteiger partial charge in [0.25, 0.3) is 5.91 Å². The van der Waals surface area contributed by atoms with Gasteiger partial charge in [-0.1, -0.05) is 23.7 Å². The van der Waals surface area contributed by atoms with Crippen molar-refractivity contribution in [3.63, 3.8) is 0 Å². The molecule has 2 aromatic carbocycles. The summed E-state index contributed by atoms with van der Waals surface area (Å²) in [6.07, 6.45) is -5.69. The number of para-hydroxylation sites is 1. The van der Waals surface area contributed by atoms with E-state index in [0.717, 1.165) is 25.0 Å². The summed E-state index contributed by atoms with van der Waals surface area (Å²) in [5.41, 5.74) is -1.55. The molecule has 4 rings (SSSR count). The first-order valence-corrected chi connectivity index (χ1v) is 11.3. The largest absolute Gasteiger partial charge is 0.480 e. The van der Waals surface area contributed by atoms with Crippen molar-refractivity contribution in [2.45, 2.75) is 38.0 Å². The van der Waals surface area contributed by atoms with Crippen molar-refractivity contribution in [2.24, 2.45) is 0 Å². The Labute approximate surface area is 212 Å². The summed E-state index contributed by atoms with van der Waals surface area (Å²) in [7, 11) is 0. The van der Waals surface area contributed by atoms with Gasteiger partial charge in [0.15, 0.2) is 11.8 Å². The fourth-order valence-corrected chi connectivity index (χ4v) is 3.81. The summed E-state index contributed by atoms with van der Waals surface area (Å²) in [6.45, 7) is 0.684. The van der Waals surface area contributed by atoms with Crippen LogP contribution in [0.2, 0.25) is 5.02 Å². The van der Waals surface area contributed by atoms with Crippen LogP contribution < -0.4 is 10.1 Å². The number of carbonyl (C=O) groups excluding carboxylic acids is 1. The zero-order valence-electron chi connectivity index (χ0n) is 19.0. The minimum absolute atomic E-state index is 0.0142. The predicted octanol–water partition coefficient (Wildman–Crippen LogP) is 6.84. The van der Waals surface area contributed by atoms with Crippen molar-refractivity contribution in [2.75, 3.05) is 5.32 Å². The Kier molecular flexibility index (Phi) is 7.09. The highest BCUT2D eigenvalue weighted by Gasteiger charge is 2.39. The molecule has 1 unspecified atom stereocenters. The maximum atomic E-state index is 15.2. The monoisotopic (exact) mass is 540 g/mol. The number of hydrogen-bond donors (Lipinski definition) is 2. The number of nitrogens with one attached hydrogen (secondary N) is 1. The number of aromatic nitrogens is 1. The highest BCUT2D eigenvalue weighted by molar-refractivity contribution is 6.34. The van der Waals surface area contributed by atoms with Crippen LogP contribution >= 0.6 is 11.6 Å². The molecular weight excluding hydrogens is 523 g/mol. The first kappa shape index (κ1) is 26.3. The lowest BCUT2D eigenvalue weighted by Gasteiger charge is -2.21. The molecule has 0 saturated heterocycles. The van der Waals surface area contributed by atoms with E-state index in [-0.39, 0.29) is 22.3 Å². The molecule has 3 aromatic rings. The van der Waals surface area contributed by atoms with Crippen molar-refractivity contribution in [3.05, 3.63) is 75.9 Å². The number of carbonyl (C=O) groups is 2. The van der Waals surface area contributed by atoms with E-state index in [4.69, 9.17) is 16.3 Å². The van der Waals surface area contributed by atoms with Crippen LogP contribution in [0.5, 0.6) is 5.75 Å². The number of alkyl halides is 3. The number of carboxylic acids is 1. The lowest BCUT2D eigenvalue weighted by molar-refractivity contribution is -0.189. The number of amides is 1. The predicted molar refractivity (Wildman–Crippen MR) is 124 cm³/mol. The lowest BCUT2D eigenvalue weighted by Crippen LogP contribution is -2.32. The molecule has 1 aliphatic rings. The number of nitrogens with zero attached hydrogens (tertiary/aromatic N) is 1. The summed E-state index contributed by atoms with van der Waals surface area (Å²) in [6, 6.07) is 7.77. The smallest absolute Gasteiger partial charge is 0.425 e. The van der Waals surface area contributed by atoms with E-state index in [1.165, 1.54) is 24.3 Å². The van der Waals surface area contributed by atoms with E-state index in [9.17, 15) is 32.3 Å². The zero-order chi connectivity index (χ0) is 27.1. The lowest BCUT2D eigenvalue weighted by atomic mass is 10.0. The molecule has 1 aliphatic carbocycles. The Bertz CT molecular complexity index is 1370. The summed E-state index contributed by atoms with van der Waals surface area (Å²) < 4.78 is 74.1. The van der Waals surface area contributed by atoms with Crippen molar-refractivity contribution in [1.29, 1.82) is 0 Å². The van der Waals surface area contributed by atoms with Crippen molar-refractivity contribution in [1.82, 2.24) is 4.98 Å². The number of rotatable bonds is 7. The Morgan fingerprint density at radius 1 is 1.14 bits per heavy atom. The normalized spacial score (nSPS) is 14.2. The van der Waals surface area contributed by atoms with Gasteiger partial charge >= 0.3 is 12.1 Å². The molecule has 0 spiro atoms. The van der Waals surface area contributed by atoms with E-state index in [1.54, 1.807) is 0 Å². The molecule has 0 bridgehead atoms. The highest BCUT2D eigenvalue weighted by atomic mass is 35.5. The van der Waals surface area contributed by atoms with Crippen LogP contribution in [0.4, 0.5) is 27.6 Å². The fourth-order valence-electron chi connectivity index (χ4n) is 3.59. The summed E-state index contributed by atoms with van der Waals surface area (Å²) in [4.78, 5) is 28.6. The number of benzene rings is 2. The van der Waals surface area contributed by atoms with Crippen LogP contribution in [0.3, 0.4) is 0 Å². The second-order valence-electron chi connectivity index (χ2n) is 8.39. The molecule has 194 valence electrons. The molecule has 12 heteroatoms. The number of aromatic carboxylic acids is 1. The molecule has 0 radical (unpaired) electrons. The third-order valence-corrected chi connectivity index (χ3v) is 6.02. The van der Waals surface area contributed by atoms with E-state index >= 15 is 4.39 Å². The number of hydrogen-bond acceptors (Lipinski definition) is 4. The maximum absolute atomic E-state index is 15.2.